The second-order valence-corrected chi connectivity index (χ2v) is 5.93. The van der Waals surface area contributed by atoms with Crippen LogP contribution in [0.15, 0.2) is 40.3 Å². The first kappa shape index (κ1) is 12.5. The standard InChI is InChI=1S/C15H17NO2S/c1-2-12(14-6-4-8-19-14)16-15(17)11-9-10(11)13-5-3-7-18-13/h3-8,10-12H,2,9H2,1H3,(H,16,17). The molecule has 1 aliphatic rings. The highest BCUT2D eigenvalue weighted by Gasteiger charge is 2.46. The van der Waals surface area contributed by atoms with Crippen molar-refractivity contribution in [3.05, 3.63) is 46.5 Å². The lowest BCUT2D eigenvalue weighted by Gasteiger charge is -2.15. The van der Waals surface area contributed by atoms with Crippen molar-refractivity contribution < 1.29 is 9.21 Å². The van der Waals surface area contributed by atoms with E-state index >= 15 is 0 Å². The maximum absolute atomic E-state index is 12.2. The van der Waals surface area contributed by atoms with Crippen molar-refractivity contribution in [1.29, 1.82) is 0 Å². The first-order chi connectivity index (χ1) is 9.29. The smallest absolute Gasteiger partial charge is 0.224 e. The van der Waals surface area contributed by atoms with Gasteiger partial charge in [0.1, 0.15) is 5.76 Å². The second-order valence-electron chi connectivity index (χ2n) is 4.95. The van der Waals surface area contributed by atoms with Crippen molar-refractivity contribution in [1.82, 2.24) is 5.32 Å². The molecule has 1 N–H and O–H groups in total. The molecule has 1 amide bonds. The average Bonchev–Trinajstić information content (AvgIpc) is 2.88. The summed E-state index contributed by atoms with van der Waals surface area (Å²) in [5.41, 5.74) is 0. The van der Waals surface area contributed by atoms with E-state index in [2.05, 4.69) is 18.3 Å². The minimum atomic E-state index is 0.0835. The molecule has 3 nitrogen and oxygen atoms in total. The molecule has 3 atom stereocenters. The van der Waals surface area contributed by atoms with Crippen LogP contribution in [0, 0.1) is 5.92 Å². The van der Waals surface area contributed by atoms with Gasteiger partial charge in [0, 0.05) is 16.7 Å². The monoisotopic (exact) mass is 275 g/mol. The summed E-state index contributed by atoms with van der Waals surface area (Å²) in [6, 6.07) is 8.08. The molecule has 2 aromatic heterocycles. The molecule has 100 valence electrons. The van der Waals surface area contributed by atoms with Gasteiger partial charge >= 0.3 is 0 Å². The largest absolute Gasteiger partial charge is 0.469 e. The normalized spacial score (nSPS) is 23.0. The van der Waals surface area contributed by atoms with E-state index in [1.165, 1.54) is 4.88 Å². The number of furan rings is 1. The lowest BCUT2D eigenvalue weighted by molar-refractivity contribution is -0.123. The van der Waals surface area contributed by atoms with Crippen LogP contribution in [0.5, 0.6) is 0 Å². The van der Waals surface area contributed by atoms with Crippen LogP contribution in [-0.2, 0) is 4.79 Å². The molecule has 4 heteroatoms. The zero-order valence-corrected chi connectivity index (χ0v) is 11.7. The minimum Gasteiger partial charge on any atom is -0.469 e. The molecule has 3 unspecified atom stereocenters. The molecular weight excluding hydrogens is 258 g/mol. The SMILES string of the molecule is CCC(NC(=O)C1CC1c1ccco1)c1cccs1. The molecule has 1 aliphatic carbocycles. The molecular formula is C15H17NO2S. The fourth-order valence-corrected chi connectivity index (χ4v) is 3.31. The third-order valence-corrected chi connectivity index (χ3v) is 4.63. The van der Waals surface area contributed by atoms with Crippen LogP contribution in [0.1, 0.15) is 42.4 Å². The molecule has 0 aromatic carbocycles. The Morgan fingerprint density at radius 3 is 3.05 bits per heavy atom. The van der Waals surface area contributed by atoms with Crippen LogP contribution < -0.4 is 5.32 Å². The zero-order valence-electron chi connectivity index (χ0n) is 10.8. The van der Waals surface area contributed by atoms with Crippen LogP contribution in [0.3, 0.4) is 0 Å². The van der Waals surface area contributed by atoms with Gasteiger partial charge in [0.2, 0.25) is 5.91 Å². The van der Waals surface area contributed by atoms with E-state index in [4.69, 9.17) is 4.42 Å². The first-order valence-corrected chi connectivity index (χ1v) is 7.54. The van der Waals surface area contributed by atoms with E-state index < -0.39 is 0 Å². The molecule has 2 heterocycles. The van der Waals surface area contributed by atoms with Crippen molar-refractivity contribution >= 4 is 17.2 Å². The highest BCUT2D eigenvalue weighted by atomic mass is 32.1. The van der Waals surface area contributed by atoms with Gasteiger partial charge in [-0.15, -0.1) is 11.3 Å². The molecule has 0 radical (unpaired) electrons. The number of nitrogens with one attached hydrogen (secondary N) is 1. The average molecular weight is 275 g/mol. The van der Waals surface area contributed by atoms with Crippen LogP contribution in [0.4, 0.5) is 0 Å². The fraction of sp³-hybridized carbons (Fsp3) is 0.400. The second kappa shape index (κ2) is 5.21. The summed E-state index contributed by atoms with van der Waals surface area (Å²) in [6.07, 6.45) is 3.49. The van der Waals surface area contributed by atoms with Gasteiger partial charge in [-0.3, -0.25) is 4.79 Å². The molecule has 0 spiro atoms. The van der Waals surface area contributed by atoms with E-state index in [0.717, 1.165) is 18.6 Å². The van der Waals surface area contributed by atoms with E-state index in [9.17, 15) is 4.79 Å². The molecule has 1 fully saturated rings. The van der Waals surface area contributed by atoms with Gasteiger partial charge in [-0.1, -0.05) is 13.0 Å². The summed E-state index contributed by atoms with van der Waals surface area (Å²) >= 11 is 1.70. The van der Waals surface area contributed by atoms with Gasteiger partial charge in [-0.05, 0) is 36.4 Å². The Morgan fingerprint density at radius 2 is 2.42 bits per heavy atom. The van der Waals surface area contributed by atoms with Crippen molar-refractivity contribution in [2.75, 3.05) is 0 Å². The Kier molecular flexibility index (Phi) is 3.42. The summed E-state index contributed by atoms with van der Waals surface area (Å²) in [6.45, 7) is 2.10. The van der Waals surface area contributed by atoms with Crippen LogP contribution in [0.25, 0.3) is 0 Å². The lowest BCUT2D eigenvalue weighted by atomic mass is 10.1. The maximum Gasteiger partial charge on any atom is 0.224 e. The van der Waals surface area contributed by atoms with Crippen LogP contribution in [0.2, 0.25) is 0 Å². The quantitative estimate of drug-likeness (QED) is 0.903. The summed E-state index contributed by atoms with van der Waals surface area (Å²) in [4.78, 5) is 13.5. The molecule has 0 aliphatic heterocycles. The van der Waals surface area contributed by atoms with Gasteiger partial charge < -0.3 is 9.73 Å². The summed E-state index contributed by atoms with van der Waals surface area (Å²) < 4.78 is 5.36. The van der Waals surface area contributed by atoms with E-state index in [1.807, 2.05) is 23.6 Å². The fourth-order valence-electron chi connectivity index (χ4n) is 2.44. The Hall–Kier alpha value is -1.55. The number of hydrogen-bond acceptors (Lipinski definition) is 3. The predicted molar refractivity (Wildman–Crippen MR) is 75.0 cm³/mol. The number of hydrogen-bond donors (Lipinski definition) is 1. The molecule has 2 aromatic rings. The predicted octanol–water partition coefficient (Wildman–Crippen LogP) is 3.71. The van der Waals surface area contributed by atoms with Gasteiger partial charge in [0.15, 0.2) is 0 Å². The van der Waals surface area contributed by atoms with Gasteiger partial charge in [0.05, 0.1) is 12.3 Å². The lowest BCUT2D eigenvalue weighted by Crippen LogP contribution is -2.29. The Morgan fingerprint density at radius 1 is 1.53 bits per heavy atom. The number of carbonyl (C=O) groups is 1. The molecule has 19 heavy (non-hydrogen) atoms. The van der Waals surface area contributed by atoms with Crippen molar-refractivity contribution in [2.24, 2.45) is 5.92 Å². The van der Waals surface area contributed by atoms with E-state index in [-0.39, 0.29) is 23.8 Å². The van der Waals surface area contributed by atoms with E-state index in [1.54, 1.807) is 17.6 Å². The number of carbonyl (C=O) groups excluding carboxylic acids is 1. The van der Waals surface area contributed by atoms with Gasteiger partial charge in [-0.25, -0.2) is 0 Å². The minimum absolute atomic E-state index is 0.0835. The molecule has 0 saturated heterocycles. The number of rotatable bonds is 5. The first-order valence-electron chi connectivity index (χ1n) is 6.66. The third-order valence-electron chi connectivity index (χ3n) is 3.65. The Labute approximate surface area is 116 Å². The van der Waals surface area contributed by atoms with Crippen molar-refractivity contribution in [2.45, 2.75) is 31.7 Å². The van der Waals surface area contributed by atoms with Crippen molar-refractivity contribution in [3.63, 3.8) is 0 Å². The van der Waals surface area contributed by atoms with Crippen LogP contribution >= 0.6 is 11.3 Å². The Bertz CT molecular complexity index is 533. The van der Waals surface area contributed by atoms with E-state index in [0.29, 0.717) is 0 Å². The number of thiophene rings is 1. The topological polar surface area (TPSA) is 42.2 Å². The summed E-state index contributed by atoms with van der Waals surface area (Å²) in [5, 5.41) is 5.20. The van der Waals surface area contributed by atoms with Crippen LogP contribution in [-0.4, -0.2) is 5.91 Å². The molecule has 3 rings (SSSR count). The summed E-state index contributed by atoms with van der Waals surface area (Å²) in [5.74, 6) is 1.45. The number of amides is 1. The summed E-state index contributed by atoms with van der Waals surface area (Å²) in [7, 11) is 0. The third kappa shape index (κ3) is 2.59. The molecule has 0 bridgehead atoms. The highest BCUT2D eigenvalue weighted by molar-refractivity contribution is 7.10. The van der Waals surface area contributed by atoms with Crippen molar-refractivity contribution in [3.8, 4) is 0 Å². The maximum atomic E-state index is 12.2. The molecule has 1 saturated carbocycles. The highest BCUT2D eigenvalue weighted by Crippen LogP contribution is 2.48. The zero-order chi connectivity index (χ0) is 13.2. The van der Waals surface area contributed by atoms with Gasteiger partial charge in [0.25, 0.3) is 0 Å². The Balaban J connectivity index is 1.60. The van der Waals surface area contributed by atoms with Gasteiger partial charge in [-0.2, -0.15) is 0 Å².